The second-order valence-electron chi connectivity index (χ2n) is 6.43. The lowest BCUT2D eigenvalue weighted by Gasteiger charge is -2.17. The van der Waals surface area contributed by atoms with Crippen LogP contribution in [0.1, 0.15) is 38.9 Å². The van der Waals surface area contributed by atoms with Crippen LogP contribution in [-0.4, -0.2) is 17.1 Å². The summed E-state index contributed by atoms with van der Waals surface area (Å²) in [4.78, 5) is 12.7. The Labute approximate surface area is 140 Å². The van der Waals surface area contributed by atoms with E-state index in [-0.39, 0.29) is 5.91 Å². The van der Waals surface area contributed by atoms with Gasteiger partial charge in [0.05, 0.1) is 12.1 Å². The summed E-state index contributed by atoms with van der Waals surface area (Å²) >= 11 is 0. The number of rotatable bonds is 2. The molecule has 2 N–H and O–H groups in total. The lowest BCUT2D eigenvalue weighted by Crippen LogP contribution is -2.33. The van der Waals surface area contributed by atoms with E-state index >= 15 is 0 Å². The molecule has 1 aliphatic carbocycles. The van der Waals surface area contributed by atoms with E-state index in [4.69, 9.17) is 4.42 Å². The minimum Gasteiger partial charge on any atom is -0.450 e. The highest BCUT2D eigenvalue weighted by molar-refractivity contribution is 5.99. The van der Waals surface area contributed by atoms with Gasteiger partial charge in [0.1, 0.15) is 5.58 Å². The van der Waals surface area contributed by atoms with Crippen molar-refractivity contribution in [3.05, 3.63) is 70.5 Å². The predicted octanol–water partition coefficient (Wildman–Crippen LogP) is 3.44. The summed E-state index contributed by atoms with van der Waals surface area (Å²) in [5.41, 5.74) is 4.62. The number of furan rings is 1. The Morgan fingerprint density at radius 2 is 1.96 bits per heavy atom. The molecule has 0 fully saturated rings. The van der Waals surface area contributed by atoms with Crippen molar-refractivity contribution in [2.75, 3.05) is 0 Å². The molecule has 2 atom stereocenters. The number of benzene rings is 2. The molecule has 0 saturated heterocycles. The fourth-order valence-electron chi connectivity index (χ4n) is 3.56. The van der Waals surface area contributed by atoms with Crippen LogP contribution in [0, 0.1) is 13.8 Å². The zero-order valence-electron chi connectivity index (χ0n) is 13.7. The molecule has 4 heteroatoms. The molecule has 2 aromatic carbocycles. The molecule has 1 amide bonds. The highest BCUT2D eigenvalue weighted by Gasteiger charge is 2.33. The smallest absolute Gasteiger partial charge is 0.287 e. The minimum atomic E-state index is -0.613. The molecular weight excluding hydrogens is 302 g/mol. The van der Waals surface area contributed by atoms with Crippen LogP contribution < -0.4 is 5.32 Å². The van der Waals surface area contributed by atoms with E-state index in [2.05, 4.69) is 5.32 Å². The number of fused-ring (bicyclic) bond motifs is 2. The summed E-state index contributed by atoms with van der Waals surface area (Å²) in [5, 5.41) is 14.2. The summed E-state index contributed by atoms with van der Waals surface area (Å²) in [5.74, 6) is 0.0275. The van der Waals surface area contributed by atoms with Crippen LogP contribution in [0.2, 0.25) is 0 Å². The van der Waals surface area contributed by atoms with Crippen LogP contribution in [0.3, 0.4) is 0 Å². The van der Waals surface area contributed by atoms with Gasteiger partial charge in [-0.15, -0.1) is 0 Å². The first kappa shape index (κ1) is 15.0. The molecule has 4 rings (SSSR count). The van der Waals surface area contributed by atoms with Gasteiger partial charge >= 0.3 is 0 Å². The van der Waals surface area contributed by atoms with Crippen molar-refractivity contribution in [1.29, 1.82) is 0 Å². The van der Waals surface area contributed by atoms with Gasteiger partial charge in [0, 0.05) is 17.4 Å². The lowest BCUT2D eigenvalue weighted by molar-refractivity contribution is 0.0833. The Balaban J connectivity index is 1.68. The van der Waals surface area contributed by atoms with E-state index < -0.39 is 12.1 Å². The van der Waals surface area contributed by atoms with Crippen LogP contribution >= 0.6 is 0 Å². The van der Waals surface area contributed by atoms with Gasteiger partial charge in [-0.2, -0.15) is 0 Å². The van der Waals surface area contributed by atoms with Gasteiger partial charge in [0.2, 0.25) is 0 Å². The molecule has 24 heavy (non-hydrogen) atoms. The molecule has 4 nitrogen and oxygen atoms in total. The van der Waals surface area contributed by atoms with Gasteiger partial charge in [-0.25, -0.2) is 0 Å². The average Bonchev–Trinajstić information content (AvgIpc) is 3.07. The Morgan fingerprint density at radius 1 is 1.17 bits per heavy atom. The molecule has 1 aromatic heterocycles. The largest absolute Gasteiger partial charge is 0.450 e. The van der Waals surface area contributed by atoms with Crippen molar-refractivity contribution in [2.24, 2.45) is 0 Å². The van der Waals surface area contributed by atoms with Gasteiger partial charge in [0.15, 0.2) is 5.76 Å². The fraction of sp³-hybridized carbons (Fsp3) is 0.250. The third-order valence-electron chi connectivity index (χ3n) is 4.86. The van der Waals surface area contributed by atoms with Crippen molar-refractivity contribution in [2.45, 2.75) is 32.4 Å². The second kappa shape index (κ2) is 5.49. The van der Waals surface area contributed by atoms with E-state index in [1.807, 2.05) is 56.3 Å². The highest BCUT2D eigenvalue weighted by atomic mass is 16.3. The maximum absolute atomic E-state index is 12.7. The monoisotopic (exact) mass is 321 g/mol. The maximum Gasteiger partial charge on any atom is 0.287 e. The minimum absolute atomic E-state index is 0.288. The number of carbonyl (C=O) groups is 1. The SMILES string of the molecule is Cc1c(C(=O)N[C@@H]2c3ccccc3C[C@@H]2O)oc2c(C)cccc12. The predicted molar refractivity (Wildman–Crippen MR) is 92.0 cm³/mol. The molecule has 0 aliphatic heterocycles. The van der Waals surface area contributed by atoms with E-state index in [1.54, 1.807) is 0 Å². The van der Waals surface area contributed by atoms with E-state index in [0.29, 0.717) is 12.2 Å². The molecule has 0 radical (unpaired) electrons. The number of aliphatic hydroxyl groups excluding tert-OH is 1. The van der Waals surface area contributed by atoms with Gasteiger partial charge < -0.3 is 14.8 Å². The summed E-state index contributed by atoms with van der Waals surface area (Å²) in [6.45, 7) is 3.85. The molecule has 0 unspecified atom stereocenters. The quantitative estimate of drug-likeness (QED) is 0.760. The number of amides is 1. The molecular formula is C20H19NO3. The number of carbonyl (C=O) groups excluding carboxylic acids is 1. The normalized spacial score (nSPS) is 19.5. The van der Waals surface area contributed by atoms with E-state index in [1.165, 1.54) is 0 Å². The maximum atomic E-state index is 12.7. The summed E-state index contributed by atoms with van der Waals surface area (Å²) in [7, 11) is 0. The summed E-state index contributed by atoms with van der Waals surface area (Å²) in [6, 6.07) is 13.3. The first-order valence-corrected chi connectivity index (χ1v) is 8.11. The van der Waals surface area contributed by atoms with Crippen LogP contribution in [0.5, 0.6) is 0 Å². The lowest BCUT2D eigenvalue weighted by atomic mass is 10.1. The first-order valence-electron chi connectivity index (χ1n) is 8.11. The molecule has 0 spiro atoms. The summed E-state index contributed by atoms with van der Waals surface area (Å²) < 4.78 is 5.83. The van der Waals surface area contributed by atoms with E-state index in [9.17, 15) is 9.90 Å². The zero-order valence-corrected chi connectivity index (χ0v) is 13.7. The van der Waals surface area contributed by atoms with Crippen molar-refractivity contribution in [3.8, 4) is 0 Å². The number of nitrogens with one attached hydrogen (secondary N) is 1. The Kier molecular flexibility index (Phi) is 3.43. The molecule has 1 heterocycles. The standard InChI is InChI=1S/C20H19NO3/c1-11-6-5-9-14-12(2)19(24-18(11)14)20(23)21-17-15-8-4-3-7-13(15)10-16(17)22/h3-9,16-17,22H,10H2,1-2H3,(H,21,23)/t16-,17+/m0/s1. The van der Waals surface area contributed by atoms with Gasteiger partial charge in [-0.3, -0.25) is 4.79 Å². The Morgan fingerprint density at radius 3 is 2.75 bits per heavy atom. The second-order valence-corrected chi connectivity index (χ2v) is 6.43. The Bertz CT molecular complexity index is 941. The molecule has 122 valence electrons. The van der Waals surface area contributed by atoms with Crippen LogP contribution in [0.4, 0.5) is 0 Å². The number of hydrogen-bond acceptors (Lipinski definition) is 3. The molecule has 3 aromatic rings. The molecule has 0 saturated carbocycles. The number of aliphatic hydroxyl groups is 1. The first-order chi connectivity index (χ1) is 11.6. The summed E-state index contributed by atoms with van der Waals surface area (Å²) in [6.07, 6.45) is -0.0583. The van der Waals surface area contributed by atoms with Crippen LogP contribution in [0.15, 0.2) is 46.9 Å². The third kappa shape index (κ3) is 2.22. The average molecular weight is 321 g/mol. The molecule has 1 aliphatic rings. The Hall–Kier alpha value is -2.59. The number of hydrogen-bond donors (Lipinski definition) is 2. The van der Waals surface area contributed by atoms with Gasteiger partial charge in [-0.05, 0) is 30.5 Å². The molecule has 0 bridgehead atoms. The van der Waals surface area contributed by atoms with Crippen LogP contribution in [-0.2, 0) is 6.42 Å². The zero-order chi connectivity index (χ0) is 16.8. The highest BCUT2D eigenvalue weighted by Crippen LogP contribution is 2.33. The van der Waals surface area contributed by atoms with Crippen molar-refractivity contribution < 1.29 is 14.3 Å². The topological polar surface area (TPSA) is 62.5 Å². The number of para-hydroxylation sites is 1. The van der Waals surface area contributed by atoms with E-state index in [0.717, 1.165) is 33.2 Å². The third-order valence-corrected chi connectivity index (χ3v) is 4.86. The van der Waals surface area contributed by atoms with Gasteiger partial charge in [0.25, 0.3) is 5.91 Å². The van der Waals surface area contributed by atoms with Crippen molar-refractivity contribution >= 4 is 16.9 Å². The van der Waals surface area contributed by atoms with Crippen LogP contribution in [0.25, 0.3) is 11.0 Å². The van der Waals surface area contributed by atoms with Crippen molar-refractivity contribution in [3.63, 3.8) is 0 Å². The van der Waals surface area contributed by atoms with Gasteiger partial charge in [-0.1, -0.05) is 42.5 Å². The fourth-order valence-corrected chi connectivity index (χ4v) is 3.56. The van der Waals surface area contributed by atoms with Crippen molar-refractivity contribution in [1.82, 2.24) is 5.32 Å². The number of aryl methyl sites for hydroxylation is 2.